The lowest BCUT2D eigenvalue weighted by molar-refractivity contribution is -0.419. The fourth-order valence-electron chi connectivity index (χ4n) is 0.585. The topological polar surface area (TPSA) is 43.1 Å². The molecule has 0 saturated carbocycles. The van der Waals surface area contributed by atoms with Crippen LogP contribution in [0.1, 0.15) is 13.8 Å². The fourth-order valence-corrected chi connectivity index (χ4v) is 0.585. The van der Waals surface area contributed by atoms with Gasteiger partial charge in [0, 0.05) is 12.2 Å². The van der Waals surface area contributed by atoms with E-state index < -0.39 is 4.92 Å². The normalized spacial score (nSPS) is 12.0. The lowest BCUT2D eigenvalue weighted by Gasteiger charge is -1.89. The zero-order chi connectivity index (χ0) is 8.85. The summed E-state index contributed by atoms with van der Waals surface area (Å²) in [7, 11) is 0. The zero-order valence-electron chi connectivity index (χ0n) is 6.70. The summed E-state index contributed by atoms with van der Waals surface area (Å²) < 4.78 is 0. The molecule has 0 saturated heterocycles. The predicted octanol–water partition coefficient (Wildman–Crippen LogP) is 2.30. The average molecular weight is 153 g/mol. The molecular formula is C8H11NO2. The van der Waals surface area contributed by atoms with E-state index in [1.165, 1.54) is 12.2 Å². The van der Waals surface area contributed by atoms with Crippen molar-refractivity contribution < 1.29 is 4.92 Å². The molecule has 0 aromatic heterocycles. The maximum absolute atomic E-state index is 10.3. The molecule has 0 amide bonds. The van der Waals surface area contributed by atoms with E-state index in [-0.39, 0.29) is 5.70 Å². The molecule has 0 aromatic rings. The molecule has 0 spiro atoms. The summed E-state index contributed by atoms with van der Waals surface area (Å²) in [4.78, 5) is 9.83. The van der Waals surface area contributed by atoms with Gasteiger partial charge < -0.3 is 0 Å². The van der Waals surface area contributed by atoms with E-state index in [0.29, 0.717) is 5.57 Å². The molecule has 0 radical (unpaired) electrons. The molecule has 0 unspecified atom stereocenters. The van der Waals surface area contributed by atoms with Crippen molar-refractivity contribution >= 4 is 0 Å². The summed E-state index contributed by atoms with van der Waals surface area (Å²) in [6, 6.07) is 0. The van der Waals surface area contributed by atoms with Crippen molar-refractivity contribution in [3.63, 3.8) is 0 Å². The second kappa shape index (κ2) is 4.44. The SMILES string of the molecule is C=C(C)/C=C(\C=C/C)[N+](=O)[O-]. The number of hydrogen-bond donors (Lipinski definition) is 0. The van der Waals surface area contributed by atoms with Crippen molar-refractivity contribution in [3.05, 3.63) is 46.2 Å². The second-order valence-electron chi connectivity index (χ2n) is 2.17. The van der Waals surface area contributed by atoms with Crippen LogP contribution in [-0.4, -0.2) is 4.92 Å². The first-order valence-electron chi connectivity index (χ1n) is 3.22. The smallest absolute Gasteiger partial charge is 0.258 e. The summed E-state index contributed by atoms with van der Waals surface area (Å²) >= 11 is 0. The molecule has 60 valence electrons. The molecule has 0 aliphatic carbocycles. The quantitative estimate of drug-likeness (QED) is 0.354. The number of rotatable bonds is 3. The van der Waals surface area contributed by atoms with Gasteiger partial charge in [0.2, 0.25) is 0 Å². The number of nitro groups is 1. The van der Waals surface area contributed by atoms with E-state index in [0.717, 1.165) is 0 Å². The molecule has 0 aliphatic rings. The van der Waals surface area contributed by atoms with Crippen LogP contribution < -0.4 is 0 Å². The van der Waals surface area contributed by atoms with E-state index in [2.05, 4.69) is 6.58 Å². The van der Waals surface area contributed by atoms with E-state index >= 15 is 0 Å². The minimum absolute atomic E-state index is 0.0694. The van der Waals surface area contributed by atoms with Gasteiger partial charge in [-0.3, -0.25) is 10.1 Å². The third-order valence-electron chi connectivity index (χ3n) is 0.943. The summed E-state index contributed by atoms with van der Waals surface area (Å²) in [6.45, 7) is 6.99. The molecule has 0 atom stereocenters. The monoisotopic (exact) mass is 153 g/mol. The van der Waals surface area contributed by atoms with Gasteiger partial charge in [0.15, 0.2) is 0 Å². The Labute approximate surface area is 65.9 Å². The van der Waals surface area contributed by atoms with Crippen molar-refractivity contribution in [3.8, 4) is 0 Å². The van der Waals surface area contributed by atoms with Gasteiger partial charge in [-0.15, -0.1) is 0 Å². The third-order valence-corrected chi connectivity index (χ3v) is 0.943. The largest absolute Gasteiger partial charge is 0.269 e. The Morgan fingerprint density at radius 3 is 2.45 bits per heavy atom. The number of nitrogens with zero attached hydrogens (tertiary/aromatic N) is 1. The number of hydrogen-bond acceptors (Lipinski definition) is 2. The van der Waals surface area contributed by atoms with Gasteiger partial charge in [-0.05, 0) is 13.8 Å². The van der Waals surface area contributed by atoms with Crippen LogP contribution in [0.2, 0.25) is 0 Å². The van der Waals surface area contributed by atoms with Crippen molar-refractivity contribution in [2.45, 2.75) is 13.8 Å². The minimum atomic E-state index is -0.436. The summed E-state index contributed by atoms with van der Waals surface area (Å²) in [5.41, 5.74) is 0.745. The van der Waals surface area contributed by atoms with Gasteiger partial charge in [0.1, 0.15) is 0 Å². The highest BCUT2D eigenvalue weighted by atomic mass is 16.6. The minimum Gasteiger partial charge on any atom is -0.258 e. The highest BCUT2D eigenvalue weighted by Crippen LogP contribution is 2.02. The van der Waals surface area contributed by atoms with Crippen LogP contribution >= 0.6 is 0 Å². The second-order valence-corrected chi connectivity index (χ2v) is 2.17. The van der Waals surface area contributed by atoms with Crippen molar-refractivity contribution in [2.24, 2.45) is 0 Å². The Kier molecular flexibility index (Phi) is 3.88. The summed E-state index contributed by atoms with van der Waals surface area (Å²) in [5.74, 6) is 0. The zero-order valence-corrected chi connectivity index (χ0v) is 6.70. The van der Waals surface area contributed by atoms with Crippen molar-refractivity contribution in [1.82, 2.24) is 0 Å². The molecule has 0 rings (SSSR count). The van der Waals surface area contributed by atoms with Crippen molar-refractivity contribution in [2.75, 3.05) is 0 Å². The third kappa shape index (κ3) is 4.08. The molecule has 0 bridgehead atoms. The lowest BCUT2D eigenvalue weighted by Crippen LogP contribution is -1.94. The Morgan fingerprint density at radius 1 is 1.64 bits per heavy atom. The van der Waals surface area contributed by atoms with E-state index in [1.54, 1.807) is 19.9 Å². The van der Waals surface area contributed by atoms with Crippen LogP contribution in [0.25, 0.3) is 0 Å². The highest BCUT2D eigenvalue weighted by molar-refractivity contribution is 5.21. The maximum atomic E-state index is 10.3. The van der Waals surface area contributed by atoms with Crippen LogP contribution in [-0.2, 0) is 0 Å². The fraction of sp³-hybridized carbons (Fsp3) is 0.250. The molecule has 0 fully saturated rings. The first kappa shape index (κ1) is 9.62. The Bertz CT molecular complexity index is 226. The van der Waals surface area contributed by atoms with E-state index in [4.69, 9.17) is 0 Å². The van der Waals surface area contributed by atoms with Crippen LogP contribution in [0.4, 0.5) is 0 Å². The van der Waals surface area contributed by atoms with E-state index in [1.807, 2.05) is 0 Å². The molecule has 0 aromatic carbocycles. The van der Waals surface area contributed by atoms with Crippen LogP contribution in [0.15, 0.2) is 36.1 Å². The highest BCUT2D eigenvalue weighted by Gasteiger charge is 2.03. The van der Waals surface area contributed by atoms with E-state index in [9.17, 15) is 10.1 Å². The molecule has 0 heterocycles. The molecule has 0 N–H and O–H groups in total. The lowest BCUT2D eigenvalue weighted by atomic mass is 10.2. The Morgan fingerprint density at radius 2 is 2.18 bits per heavy atom. The molecular weight excluding hydrogens is 142 g/mol. The van der Waals surface area contributed by atoms with Gasteiger partial charge in [-0.1, -0.05) is 18.2 Å². The average Bonchev–Trinajstić information content (AvgIpc) is 1.86. The first-order valence-corrected chi connectivity index (χ1v) is 3.22. The molecule has 11 heavy (non-hydrogen) atoms. The van der Waals surface area contributed by atoms with Crippen LogP contribution in [0.3, 0.4) is 0 Å². The maximum Gasteiger partial charge on any atom is 0.269 e. The first-order chi connectivity index (χ1) is 5.07. The Balaban J connectivity index is 4.59. The molecule has 0 aliphatic heterocycles. The predicted molar refractivity (Wildman–Crippen MR) is 44.7 cm³/mol. The standard InChI is InChI=1S/C8H11NO2/c1-4-5-8(9(10)11)6-7(2)3/h4-6H,2H2,1,3H3/b5-4-,8-6+. The van der Waals surface area contributed by atoms with Crippen LogP contribution in [0, 0.1) is 10.1 Å². The van der Waals surface area contributed by atoms with Gasteiger partial charge in [-0.2, -0.15) is 0 Å². The van der Waals surface area contributed by atoms with Gasteiger partial charge in [-0.25, -0.2) is 0 Å². The van der Waals surface area contributed by atoms with Gasteiger partial charge in [0.25, 0.3) is 5.70 Å². The number of allylic oxidation sites excluding steroid dienone is 4. The van der Waals surface area contributed by atoms with Gasteiger partial charge in [0.05, 0.1) is 4.92 Å². The molecule has 3 heteroatoms. The molecule has 3 nitrogen and oxygen atoms in total. The summed E-state index contributed by atoms with van der Waals surface area (Å²) in [5, 5.41) is 10.3. The van der Waals surface area contributed by atoms with Crippen LogP contribution in [0.5, 0.6) is 0 Å². The van der Waals surface area contributed by atoms with Crippen molar-refractivity contribution in [1.29, 1.82) is 0 Å². The summed E-state index contributed by atoms with van der Waals surface area (Å²) in [6.07, 6.45) is 4.49. The van der Waals surface area contributed by atoms with Gasteiger partial charge >= 0.3 is 0 Å². The Hall–Kier alpha value is -1.38.